The highest BCUT2D eigenvalue weighted by Crippen LogP contribution is 2.07. The molecule has 0 atom stereocenters. The van der Waals surface area contributed by atoms with Crippen molar-refractivity contribution < 1.29 is 9.59 Å². The van der Waals surface area contributed by atoms with Crippen molar-refractivity contribution in [3.63, 3.8) is 0 Å². The Balaban J connectivity index is 2.31. The van der Waals surface area contributed by atoms with Gasteiger partial charge in [0.25, 0.3) is 0 Å². The number of carbonyl (C=O) groups excluding carboxylic acids is 2. The van der Waals surface area contributed by atoms with Crippen LogP contribution in [0.5, 0.6) is 0 Å². The second-order valence-electron chi connectivity index (χ2n) is 4.00. The minimum Gasteiger partial charge on any atom is -0.339 e. The van der Waals surface area contributed by atoms with Gasteiger partial charge in [-0.25, -0.2) is 0 Å². The van der Waals surface area contributed by atoms with Crippen LogP contribution in [-0.2, 0) is 9.59 Å². The van der Waals surface area contributed by atoms with E-state index in [-0.39, 0.29) is 11.8 Å². The summed E-state index contributed by atoms with van der Waals surface area (Å²) in [5, 5.41) is 0.372. The van der Waals surface area contributed by atoms with Crippen LogP contribution in [0.15, 0.2) is 0 Å². The number of hydrogen-bond acceptors (Lipinski definition) is 2. The number of unbranched alkanes of at least 4 members (excludes halogenated alkanes) is 1. The van der Waals surface area contributed by atoms with Crippen LogP contribution in [0.25, 0.3) is 0 Å². The lowest BCUT2D eigenvalue weighted by atomic mass is 10.2. The molecule has 16 heavy (non-hydrogen) atoms. The van der Waals surface area contributed by atoms with E-state index in [1.165, 1.54) is 0 Å². The highest BCUT2D eigenvalue weighted by atomic mass is 79.9. The number of piperazine rings is 1. The van der Waals surface area contributed by atoms with Gasteiger partial charge < -0.3 is 9.80 Å². The zero-order valence-electron chi connectivity index (χ0n) is 9.75. The van der Waals surface area contributed by atoms with Gasteiger partial charge in [0.15, 0.2) is 0 Å². The summed E-state index contributed by atoms with van der Waals surface area (Å²) in [4.78, 5) is 26.8. The minimum atomic E-state index is 0.112. The zero-order valence-corrected chi connectivity index (χ0v) is 11.3. The van der Waals surface area contributed by atoms with Crippen molar-refractivity contribution in [2.24, 2.45) is 0 Å². The highest BCUT2D eigenvalue weighted by molar-refractivity contribution is 9.09. The van der Waals surface area contributed by atoms with Gasteiger partial charge in [-0.2, -0.15) is 0 Å². The third kappa shape index (κ3) is 3.77. The molecule has 1 aliphatic heterocycles. The lowest BCUT2D eigenvalue weighted by Crippen LogP contribution is -2.50. The molecule has 0 aromatic rings. The van der Waals surface area contributed by atoms with Crippen LogP contribution in [0.2, 0.25) is 0 Å². The number of alkyl halides is 1. The van der Waals surface area contributed by atoms with E-state index >= 15 is 0 Å². The van der Waals surface area contributed by atoms with Crippen molar-refractivity contribution in [3.8, 4) is 0 Å². The summed E-state index contributed by atoms with van der Waals surface area (Å²) < 4.78 is 0. The predicted molar refractivity (Wildman–Crippen MR) is 66.5 cm³/mol. The molecule has 1 heterocycles. The van der Waals surface area contributed by atoms with Crippen molar-refractivity contribution in [1.29, 1.82) is 0 Å². The van der Waals surface area contributed by atoms with E-state index in [9.17, 15) is 9.59 Å². The molecule has 5 heteroatoms. The summed E-state index contributed by atoms with van der Waals surface area (Å²) in [6, 6.07) is 0. The molecule has 0 aromatic heterocycles. The molecular weight excluding hydrogens is 272 g/mol. The summed E-state index contributed by atoms with van der Waals surface area (Å²) in [7, 11) is 0. The number of rotatable bonds is 4. The Morgan fingerprint density at radius 3 is 2.00 bits per heavy atom. The fourth-order valence-electron chi connectivity index (χ4n) is 1.78. The lowest BCUT2D eigenvalue weighted by molar-refractivity contribution is -0.138. The van der Waals surface area contributed by atoms with Gasteiger partial charge in [-0.15, -0.1) is 0 Å². The second kappa shape index (κ2) is 6.89. The van der Waals surface area contributed by atoms with E-state index in [4.69, 9.17) is 0 Å². The fraction of sp³-hybridized carbons (Fsp3) is 0.818. The van der Waals surface area contributed by atoms with Crippen LogP contribution >= 0.6 is 15.9 Å². The Morgan fingerprint density at radius 2 is 1.56 bits per heavy atom. The molecule has 0 spiro atoms. The Kier molecular flexibility index (Phi) is 5.80. The normalized spacial score (nSPS) is 16.4. The topological polar surface area (TPSA) is 40.6 Å². The molecule has 0 aliphatic carbocycles. The van der Waals surface area contributed by atoms with Gasteiger partial charge in [0.2, 0.25) is 11.8 Å². The van der Waals surface area contributed by atoms with Crippen molar-refractivity contribution in [1.82, 2.24) is 9.80 Å². The molecule has 0 saturated carbocycles. The molecule has 1 saturated heterocycles. The number of amides is 2. The quantitative estimate of drug-likeness (QED) is 0.731. The Bertz CT molecular complexity index is 250. The number of carbonyl (C=O) groups is 2. The maximum Gasteiger partial charge on any atom is 0.233 e. The third-order valence-corrected chi connectivity index (χ3v) is 3.32. The van der Waals surface area contributed by atoms with Crippen LogP contribution in [0, 0.1) is 0 Å². The summed E-state index contributed by atoms with van der Waals surface area (Å²) in [5.41, 5.74) is 0. The smallest absolute Gasteiger partial charge is 0.233 e. The number of halogens is 1. The Labute approximate surface area is 105 Å². The molecule has 1 rings (SSSR count). The molecule has 2 amide bonds. The van der Waals surface area contributed by atoms with E-state index < -0.39 is 0 Å². The second-order valence-corrected chi connectivity index (χ2v) is 4.56. The zero-order chi connectivity index (χ0) is 12.0. The predicted octanol–water partition coefficient (Wildman–Crippen LogP) is 1.24. The number of nitrogens with zero attached hydrogens (tertiary/aromatic N) is 2. The van der Waals surface area contributed by atoms with Crippen LogP contribution < -0.4 is 0 Å². The van der Waals surface area contributed by atoms with Gasteiger partial charge in [0.1, 0.15) is 0 Å². The van der Waals surface area contributed by atoms with Crippen LogP contribution in [0.3, 0.4) is 0 Å². The van der Waals surface area contributed by atoms with Crippen molar-refractivity contribution in [2.75, 3.05) is 31.5 Å². The Morgan fingerprint density at radius 1 is 1.06 bits per heavy atom. The first-order valence-electron chi connectivity index (χ1n) is 5.80. The fourth-order valence-corrected chi connectivity index (χ4v) is 2.13. The van der Waals surface area contributed by atoms with Crippen molar-refractivity contribution >= 4 is 27.7 Å². The molecule has 92 valence electrons. The van der Waals surface area contributed by atoms with E-state index in [2.05, 4.69) is 22.9 Å². The first-order valence-corrected chi connectivity index (χ1v) is 6.92. The molecule has 0 unspecified atom stereocenters. The van der Waals surface area contributed by atoms with Gasteiger partial charge in [0.05, 0.1) is 5.33 Å². The number of hydrogen-bond donors (Lipinski definition) is 0. The molecule has 1 aliphatic rings. The molecule has 0 N–H and O–H groups in total. The van der Waals surface area contributed by atoms with Gasteiger partial charge in [-0.1, -0.05) is 29.3 Å². The average Bonchev–Trinajstić information content (AvgIpc) is 2.35. The van der Waals surface area contributed by atoms with Crippen LogP contribution in [-0.4, -0.2) is 53.1 Å². The van der Waals surface area contributed by atoms with E-state index in [1.54, 1.807) is 4.90 Å². The van der Waals surface area contributed by atoms with E-state index in [0.717, 1.165) is 12.8 Å². The van der Waals surface area contributed by atoms with Crippen LogP contribution in [0.4, 0.5) is 0 Å². The maximum absolute atomic E-state index is 11.7. The minimum absolute atomic E-state index is 0.112. The molecule has 0 radical (unpaired) electrons. The molecule has 4 nitrogen and oxygen atoms in total. The standard InChI is InChI=1S/C11H19BrN2O2/c1-2-3-4-10(15)13-5-7-14(8-6-13)11(16)9-12/h2-9H2,1H3. The first kappa shape index (κ1) is 13.5. The largest absolute Gasteiger partial charge is 0.339 e. The summed E-state index contributed by atoms with van der Waals surface area (Å²) >= 11 is 3.16. The maximum atomic E-state index is 11.7. The average molecular weight is 291 g/mol. The Hall–Kier alpha value is -0.580. The van der Waals surface area contributed by atoms with E-state index in [1.807, 2.05) is 4.90 Å². The molecule has 1 fully saturated rings. The van der Waals surface area contributed by atoms with Crippen molar-refractivity contribution in [3.05, 3.63) is 0 Å². The molecule has 0 bridgehead atoms. The first-order chi connectivity index (χ1) is 7.69. The summed E-state index contributed by atoms with van der Waals surface area (Å²) in [5.74, 6) is 0.341. The van der Waals surface area contributed by atoms with E-state index in [0.29, 0.717) is 37.9 Å². The SMILES string of the molecule is CCCCC(=O)N1CCN(C(=O)CBr)CC1. The van der Waals surface area contributed by atoms with Crippen molar-refractivity contribution in [2.45, 2.75) is 26.2 Å². The van der Waals surface area contributed by atoms with Crippen LogP contribution in [0.1, 0.15) is 26.2 Å². The van der Waals surface area contributed by atoms with Gasteiger partial charge in [0, 0.05) is 32.6 Å². The molecule has 0 aromatic carbocycles. The highest BCUT2D eigenvalue weighted by Gasteiger charge is 2.22. The summed E-state index contributed by atoms with van der Waals surface area (Å²) in [6.07, 6.45) is 2.65. The summed E-state index contributed by atoms with van der Waals surface area (Å²) in [6.45, 7) is 4.78. The van der Waals surface area contributed by atoms with Gasteiger partial charge in [-0.05, 0) is 6.42 Å². The lowest BCUT2D eigenvalue weighted by Gasteiger charge is -2.34. The third-order valence-electron chi connectivity index (χ3n) is 2.84. The van der Waals surface area contributed by atoms with Gasteiger partial charge in [-0.3, -0.25) is 9.59 Å². The molecular formula is C11H19BrN2O2. The van der Waals surface area contributed by atoms with Gasteiger partial charge >= 0.3 is 0 Å². The monoisotopic (exact) mass is 290 g/mol.